The SMILES string of the molecule is Cc1ccc(C(=O)N[C@@H](c2nnc(SCc3ccc(Cl)cc3Cl)n2C)C(C)C)cc1. The molecule has 0 bridgehead atoms. The lowest BCUT2D eigenvalue weighted by atomic mass is 10.0. The van der Waals surface area contributed by atoms with Crippen molar-refractivity contribution in [1.82, 2.24) is 20.1 Å². The molecule has 1 N–H and O–H groups in total. The molecule has 0 fully saturated rings. The molecule has 8 heteroatoms. The van der Waals surface area contributed by atoms with E-state index in [0.717, 1.165) is 22.1 Å². The average molecular weight is 463 g/mol. The number of amides is 1. The summed E-state index contributed by atoms with van der Waals surface area (Å²) in [7, 11) is 1.91. The smallest absolute Gasteiger partial charge is 0.251 e. The van der Waals surface area contributed by atoms with Gasteiger partial charge in [0.05, 0.1) is 6.04 Å². The monoisotopic (exact) mass is 462 g/mol. The van der Waals surface area contributed by atoms with Gasteiger partial charge in [0.1, 0.15) is 0 Å². The van der Waals surface area contributed by atoms with Crippen molar-refractivity contribution in [2.45, 2.75) is 37.7 Å². The Kier molecular flexibility index (Phi) is 7.45. The van der Waals surface area contributed by atoms with Crippen LogP contribution in [-0.4, -0.2) is 20.7 Å². The highest BCUT2D eigenvalue weighted by molar-refractivity contribution is 7.98. The van der Waals surface area contributed by atoms with E-state index in [0.29, 0.717) is 21.4 Å². The highest BCUT2D eigenvalue weighted by Gasteiger charge is 2.25. The number of hydrogen-bond acceptors (Lipinski definition) is 4. The number of rotatable bonds is 7. The van der Waals surface area contributed by atoms with Crippen LogP contribution in [0.3, 0.4) is 0 Å². The maximum Gasteiger partial charge on any atom is 0.251 e. The molecule has 1 heterocycles. The zero-order valence-corrected chi connectivity index (χ0v) is 19.6. The molecular formula is C22H24Cl2N4OS. The van der Waals surface area contributed by atoms with Gasteiger partial charge in [0.2, 0.25) is 0 Å². The van der Waals surface area contributed by atoms with Crippen molar-refractivity contribution in [3.8, 4) is 0 Å². The minimum atomic E-state index is -0.259. The van der Waals surface area contributed by atoms with Crippen molar-refractivity contribution < 1.29 is 4.79 Å². The second-order valence-electron chi connectivity index (χ2n) is 7.49. The van der Waals surface area contributed by atoms with Crippen molar-refractivity contribution in [2.75, 3.05) is 0 Å². The van der Waals surface area contributed by atoms with Crippen LogP contribution in [0.4, 0.5) is 0 Å². The fraction of sp³-hybridized carbons (Fsp3) is 0.318. The lowest BCUT2D eigenvalue weighted by Gasteiger charge is -2.21. The minimum absolute atomic E-state index is 0.126. The van der Waals surface area contributed by atoms with Gasteiger partial charge in [-0.3, -0.25) is 4.79 Å². The van der Waals surface area contributed by atoms with Crippen molar-refractivity contribution in [3.05, 3.63) is 75.0 Å². The average Bonchev–Trinajstić information content (AvgIpc) is 3.06. The van der Waals surface area contributed by atoms with Gasteiger partial charge in [-0.25, -0.2) is 0 Å². The largest absolute Gasteiger partial charge is 0.342 e. The number of aryl methyl sites for hydroxylation is 1. The maximum atomic E-state index is 12.7. The molecule has 0 saturated carbocycles. The number of nitrogens with one attached hydrogen (secondary N) is 1. The predicted molar refractivity (Wildman–Crippen MR) is 123 cm³/mol. The summed E-state index contributed by atoms with van der Waals surface area (Å²) in [5.41, 5.74) is 2.71. The molecule has 0 radical (unpaired) electrons. The molecular weight excluding hydrogens is 439 g/mol. The summed E-state index contributed by atoms with van der Waals surface area (Å²) in [6, 6.07) is 12.7. The summed E-state index contributed by atoms with van der Waals surface area (Å²) in [5.74, 6) is 1.38. The van der Waals surface area contributed by atoms with Crippen LogP contribution in [0, 0.1) is 12.8 Å². The highest BCUT2D eigenvalue weighted by atomic mass is 35.5. The molecule has 0 spiro atoms. The van der Waals surface area contributed by atoms with Crippen molar-refractivity contribution in [1.29, 1.82) is 0 Å². The standard InChI is InChI=1S/C22H24Cl2N4OS/c1-13(2)19(25-21(29)15-7-5-14(3)6-8-15)20-26-27-22(28(20)4)30-12-16-9-10-17(23)11-18(16)24/h5-11,13,19H,12H2,1-4H3,(H,25,29)/t19-/m1/s1. The summed E-state index contributed by atoms with van der Waals surface area (Å²) >= 11 is 13.8. The first-order valence-electron chi connectivity index (χ1n) is 9.59. The Morgan fingerprint density at radius 1 is 1.13 bits per heavy atom. The molecule has 0 unspecified atom stereocenters. The Bertz CT molecular complexity index is 1030. The molecule has 30 heavy (non-hydrogen) atoms. The first kappa shape index (κ1) is 22.7. The first-order chi connectivity index (χ1) is 14.3. The van der Waals surface area contributed by atoms with Crippen LogP contribution < -0.4 is 5.32 Å². The molecule has 2 aromatic carbocycles. The lowest BCUT2D eigenvalue weighted by Crippen LogP contribution is -2.33. The quantitative estimate of drug-likeness (QED) is 0.447. The number of carbonyl (C=O) groups is 1. The van der Waals surface area contributed by atoms with E-state index in [-0.39, 0.29) is 17.9 Å². The zero-order valence-electron chi connectivity index (χ0n) is 17.3. The number of thioether (sulfide) groups is 1. The first-order valence-corrected chi connectivity index (χ1v) is 11.3. The Labute approximate surface area is 191 Å². The number of carbonyl (C=O) groups excluding carboxylic acids is 1. The number of halogens is 2. The molecule has 5 nitrogen and oxygen atoms in total. The van der Waals surface area contributed by atoms with Crippen LogP contribution in [0.1, 0.15) is 47.2 Å². The number of nitrogens with zero attached hydrogens (tertiary/aromatic N) is 3. The topological polar surface area (TPSA) is 59.8 Å². The highest BCUT2D eigenvalue weighted by Crippen LogP contribution is 2.29. The van der Waals surface area contributed by atoms with Crippen LogP contribution in [0.25, 0.3) is 0 Å². The van der Waals surface area contributed by atoms with Gasteiger partial charge in [-0.05, 0) is 42.7 Å². The van der Waals surface area contributed by atoms with Crippen LogP contribution in [0.15, 0.2) is 47.6 Å². The molecule has 0 aliphatic heterocycles. The summed E-state index contributed by atoms with van der Waals surface area (Å²) in [6.45, 7) is 6.10. The molecule has 0 saturated heterocycles. The van der Waals surface area contributed by atoms with Gasteiger partial charge in [0.15, 0.2) is 11.0 Å². The van der Waals surface area contributed by atoms with Crippen LogP contribution in [0.5, 0.6) is 0 Å². The number of benzene rings is 2. The van der Waals surface area contributed by atoms with Crippen molar-refractivity contribution >= 4 is 40.9 Å². The van der Waals surface area contributed by atoms with E-state index in [2.05, 4.69) is 29.4 Å². The molecule has 1 aromatic heterocycles. The van der Waals surface area contributed by atoms with Crippen LogP contribution >= 0.6 is 35.0 Å². The van der Waals surface area contributed by atoms with Gasteiger partial charge in [-0.15, -0.1) is 10.2 Å². The second kappa shape index (κ2) is 9.86. The minimum Gasteiger partial charge on any atom is -0.342 e. The molecule has 3 aromatic rings. The molecule has 0 aliphatic carbocycles. The van der Waals surface area contributed by atoms with E-state index in [1.165, 1.54) is 11.8 Å². The van der Waals surface area contributed by atoms with E-state index in [4.69, 9.17) is 23.2 Å². The summed E-state index contributed by atoms with van der Waals surface area (Å²) < 4.78 is 1.93. The summed E-state index contributed by atoms with van der Waals surface area (Å²) in [4.78, 5) is 12.7. The van der Waals surface area contributed by atoms with Crippen LogP contribution in [0.2, 0.25) is 10.0 Å². The number of aromatic nitrogens is 3. The fourth-order valence-corrected chi connectivity index (χ4v) is 4.44. The molecule has 0 aliphatic rings. The summed E-state index contributed by atoms with van der Waals surface area (Å²) in [6.07, 6.45) is 0. The van der Waals surface area contributed by atoms with Crippen LogP contribution in [-0.2, 0) is 12.8 Å². The van der Waals surface area contributed by atoms with Gasteiger partial charge in [-0.1, -0.05) is 72.6 Å². The third-order valence-electron chi connectivity index (χ3n) is 4.79. The third-order valence-corrected chi connectivity index (χ3v) is 6.44. The fourth-order valence-electron chi connectivity index (χ4n) is 2.96. The van der Waals surface area contributed by atoms with Crippen molar-refractivity contribution in [2.24, 2.45) is 13.0 Å². The Morgan fingerprint density at radius 3 is 2.47 bits per heavy atom. The van der Waals surface area contributed by atoms with Gasteiger partial charge in [-0.2, -0.15) is 0 Å². The molecule has 3 rings (SSSR count). The summed E-state index contributed by atoms with van der Waals surface area (Å²) in [5, 5.41) is 13.8. The van der Waals surface area contributed by atoms with Gasteiger partial charge >= 0.3 is 0 Å². The van der Waals surface area contributed by atoms with E-state index < -0.39 is 0 Å². The normalized spacial score (nSPS) is 12.2. The molecule has 158 valence electrons. The van der Waals surface area contributed by atoms with E-state index in [1.807, 2.05) is 54.9 Å². The Balaban J connectivity index is 1.75. The maximum absolute atomic E-state index is 12.7. The second-order valence-corrected chi connectivity index (χ2v) is 9.27. The predicted octanol–water partition coefficient (Wildman–Crippen LogP) is 5.85. The number of hydrogen-bond donors (Lipinski definition) is 1. The van der Waals surface area contributed by atoms with E-state index >= 15 is 0 Å². The van der Waals surface area contributed by atoms with Gasteiger partial charge in [0.25, 0.3) is 5.91 Å². The van der Waals surface area contributed by atoms with E-state index in [1.54, 1.807) is 6.07 Å². The molecule has 1 atom stereocenters. The molecule has 1 amide bonds. The zero-order chi connectivity index (χ0) is 21.8. The van der Waals surface area contributed by atoms with Gasteiger partial charge in [0, 0.05) is 28.4 Å². The van der Waals surface area contributed by atoms with Gasteiger partial charge < -0.3 is 9.88 Å². The lowest BCUT2D eigenvalue weighted by molar-refractivity contribution is 0.0922. The third kappa shape index (κ3) is 5.36. The van der Waals surface area contributed by atoms with E-state index in [9.17, 15) is 4.79 Å². The Hall–Kier alpha value is -2.02. The van der Waals surface area contributed by atoms with Crippen molar-refractivity contribution in [3.63, 3.8) is 0 Å². The Morgan fingerprint density at radius 2 is 1.83 bits per heavy atom.